The molecule has 0 bridgehead atoms. The van der Waals surface area contributed by atoms with Crippen molar-refractivity contribution < 1.29 is 0 Å². The molecule has 1 aromatic carbocycles. The molecule has 20 heavy (non-hydrogen) atoms. The summed E-state index contributed by atoms with van der Waals surface area (Å²) in [5.74, 6) is 0.776. The molecular formula is C16H24Cl2N2. The van der Waals surface area contributed by atoms with E-state index in [9.17, 15) is 0 Å². The van der Waals surface area contributed by atoms with Crippen molar-refractivity contribution in [3.8, 4) is 0 Å². The molecule has 1 saturated heterocycles. The first-order valence-corrected chi connectivity index (χ1v) is 8.31. The van der Waals surface area contributed by atoms with Gasteiger partial charge in [-0.05, 0) is 62.5 Å². The van der Waals surface area contributed by atoms with E-state index in [1.54, 1.807) is 0 Å². The third-order valence-electron chi connectivity index (χ3n) is 3.85. The lowest BCUT2D eigenvalue weighted by Crippen LogP contribution is -2.38. The van der Waals surface area contributed by atoms with E-state index >= 15 is 0 Å². The summed E-state index contributed by atoms with van der Waals surface area (Å²) in [6.45, 7) is 7.83. The van der Waals surface area contributed by atoms with E-state index in [0.29, 0.717) is 10.0 Å². The lowest BCUT2D eigenvalue weighted by molar-refractivity contribution is 0.201. The first-order chi connectivity index (χ1) is 9.69. The first kappa shape index (κ1) is 16.1. The first-order valence-electron chi connectivity index (χ1n) is 7.56. The van der Waals surface area contributed by atoms with Gasteiger partial charge >= 0.3 is 0 Å². The molecule has 1 aromatic rings. The number of hydrogen-bond donors (Lipinski definition) is 1. The Balaban J connectivity index is 1.94. The van der Waals surface area contributed by atoms with Gasteiger partial charge in [-0.15, -0.1) is 0 Å². The number of nitrogens with one attached hydrogen (secondary N) is 1. The Morgan fingerprint density at radius 1 is 1.30 bits per heavy atom. The van der Waals surface area contributed by atoms with Crippen LogP contribution in [0.3, 0.4) is 0 Å². The quantitative estimate of drug-likeness (QED) is 0.846. The van der Waals surface area contributed by atoms with E-state index in [1.807, 2.05) is 12.1 Å². The zero-order chi connectivity index (χ0) is 14.4. The van der Waals surface area contributed by atoms with E-state index in [2.05, 4.69) is 23.2 Å². The van der Waals surface area contributed by atoms with Crippen LogP contribution in [0.1, 0.15) is 31.7 Å². The summed E-state index contributed by atoms with van der Waals surface area (Å²) in [4.78, 5) is 2.54. The van der Waals surface area contributed by atoms with Gasteiger partial charge in [0.1, 0.15) is 0 Å². The Labute approximate surface area is 132 Å². The summed E-state index contributed by atoms with van der Waals surface area (Å²) >= 11 is 12.1. The van der Waals surface area contributed by atoms with Crippen molar-refractivity contribution in [2.24, 2.45) is 5.92 Å². The Morgan fingerprint density at radius 3 is 2.80 bits per heavy atom. The maximum atomic E-state index is 6.11. The maximum absolute atomic E-state index is 6.11. The molecule has 1 aliphatic rings. The van der Waals surface area contributed by atoms with Crippen LogP contribution in [0, 0.1) is 5.92 Å². The highest BCUT2D eigenvalue weighted by Gasteiger charge is 2.17. The fourth-order valence-electron chi connectivity index (χ4n) is 2.89. The van der Waals surface area contributed by atoms with E-state index in [0.717, 1.165) is 25.6 Å². The zero-order valence-corrected chi connectivity index (χ0v) is 13.7. The normalized spacial score (nSPS) is 19.5. The van der Waals surface area contributed by atoms with Crippen LogP contribution in [-0.4, -0.2) is 31.1 Å². The van der Waals surface area contributed by atoms with Crippen molar-refractivity contribution in [3.63, 3.8) is 0 Å². The van der Waals surface area contributed by atoms with Gasteiger partial charge < -0.3 is 5.32 Å². The van der Waals surface area contributed by atoms with Crippen molar-refractivity contribution in [2.45, 2.75) is 32.7 Å². The lowest BCUT2D eigenvalue weighted by Gasteiger charge is -2.30. The number of hydrogen-bond acceptors (Lipinski definition) is 2. The number of halogens is 2. The molecule has 2 rings (SSSR count). The molecule has 1 fully saturated rings. The van der Waals surface area contributed by atoms with Crippen LogP contribution >= 0.6 is 23.2 Å². The summed E-state index contributed by atoms with van der Waals surface area (Å²) in [6.07, 6.45) is 3.83. The average molecular weight is 315 g/mol. The molecule has 2 nitrogen and oxygen atoms in total. The maximum Gasteiger partial charge on any atom is 0.0595 e. The standard InChI is InChI=1S/C16H24Cl2N2/c1-2-8-20(12-14-4-3-7-19-10-14)11-13-5-6-15(17)16(18)9-13/h5-6,9,14,19H,2-4,7-8,10-12H2,1H3. The molecule has 1 aliphatic heterocycles. The van der Waals surface area contributed by atoms with Gasteiger partial charge in [0, 0.05) is 13.1 Å². The van der Waals surface area contributed by atoms with E-state index in [4.69, 9.17) is 23.2 Å². The highest BCUT2D eigenvalue weighted by atomic mass is 35.5. The molecule has 0 radical (unpaired) electrons. The van der Waals surface area contributed by atoms with E-state index in [-0.39, 0.29) is 0 Å². The van der Waals surface area contributed by atoms with Gasteiger partial charge in [0.05, 0.1) is 10.0 Å². The Hall–Kier alpha value is -0.280. The highest BCUT2D eigenvalue weighted by molar-refractivity contribution is 6.42. The van der Waals surface area contributed by atoms with Crippen LogP contribution in [0.5, 0.6) is 0 Å². The number of nitrogens with zero attached hydrogens (tertiary/aromatic N) is 1. The largest absolute Gasteiger partial charge is 0.316 e. The Bertz CT molecular complexity index is 417. The molecule has 0 amide bonds. The minimum atomic E-state index is 0.633. The molecule has 1 heterocycles. The minimum Gasteiger partial charge on any atom is -0.316 e. The van der Waals surface area contributed by atoms with Crippen molar-refractivity contribution >= 4 is 23.2 Å². The van der Waals surface area contributed by atoms with Gasteiger partial charge in [0.15, 0.2) is 0 Å². The van der Waals surface area contributed by atoms with E-state index in [1.165, 1.54) is 37.9 Å². The van der Waals surface area contributed by atoms with Gasteiger partial charge in [-0.3, -0.25) is 4.90 Å². The molecule has 0 aromatic heterocycles. The van der Waals surface area contributed by atoms with Crippen LogP contribution in [0.4, 0.5) is 0 Å². The number of piperidine rings is 1. The summed E-state index contributed by atoms with van der Waals surface area (Å²) in [5, 5.41) is 4.78. The molecule has 1 N–H and O–H groups in total. The Morgan fingerprint density at radius 2 is 2.15 bits per heavy atom. The summed E-state index contributed by atoms with van der Waals surface area (Å²) < 4.78 is 0. The van der Waals surface area contributed by atoms with Crippen LogP contribution in [0.25, 0.3) is 0 Å². The predicted octanol–water partition coefficient (Wildman–Crippen LogP) is 4.21. The van der Waals surface area contributed by atoms with Gasteiger partial charge in [-0.2, -0.15) is 0 Å². The highest BCUT2D eigenvalue weighted by Crippen LogP contribution is 2.23. The van der Waals surface area contributed by atoms with Gasteiger partial charge in [0.2, 0.25) is 0 Å². The summed E-state index contributed by atoms with van der Waals surface area (Å²) in [6, 6.07) is 5.97. The molecule has 112 valence electrons. The van der Waals surface area contributed by atoms with E-state index < -0.39 is 0 Å². The third-order valence-corrected chi connectivity index (χ3v) is 4.58. The Kier molecular flexibility index (Phi) is 6.63. The van der Waals surface area contributed by atoms with Crippen LogP contribution in [0.2, 0.25) is 10.0 Å². The smallest absolute Gasteiger partial charge is 0.0595 e. The molecule has 1 unspecified atom stereocenters. The molecule has 0 spiro atoms. The second-order valence-electron chi connectivity index (χ2n) is 5.70. The molecule has 0 saturated carbocycles. The van der Waals surface area contributed by atoms with Gasteiger partial charge in [0.25, 0.3) is 0 Å². The number of rotatable bonds is 6. The fraction of sp³-hybridized carbons (Fsp3) is 0.625. The van der Waals surface area contributed by atoms with Crippen LogP contribution < -0.4 is 5.32 Å². The van der Waals surface area contributed by atoms with Gasteiger partial charge in [-0.25, -0.2) is 0 Å². The average Bonchev–Trinajstić information content (AvgIpc) is 2.44. The summed E-state index contributed by atoms with van der Waals surface area (Å²) in [7, 11) is 0. The molecular weight excluding hydrogens is 291 g/mol. The second kappa shape index (κ2) is 8.23. The zero-order valence-electron chi connectivity index (χ0n) is 12.2. The molecule has 4 heteroatoms. The fourth-order valence-corrected chi connectivity index (χ4v) is 3.21. The predicted molar refractivity (Wildman–Crippen MR) is 87.6 cm³/mol. The van der Waals surface area contributed by atoms with Crippen LogP contribution in [-0.2, 0) is 6.54 Å². The number of benzene rings is 1. The molecule has 1 atom stereocenters. The van der Waals surface area contributed by atoms with Crippen LogP contribution in [0.15, 0.2) is 18.2 Å². The van der Waals surface area contributed by atoms with Gasteiger partial charge in [-0.1, -0.05) is 36.2 Å². The van der Waals surface area contributed by atoms with Crippen molar-refractivity contribution in [2.75, 3.05) is 26.2 Å². The van der Waals surface area contributed by atoms with Crippen molar-refractivity contribution in [1.82, 2.24) is 10.2 Å². The minimum absolute atomic E-state index is 0.633. The lowest BCUT2D eigenvalue weighted by atomic mass is 9.98. The second-order valence-corrected chi connectivity index (χ2v) is 6.51. The monoisotopic (exact) mass is 314 g/mol. The SMILES string of the molecule is CCCN(Cc1ccc(Cl)c(Cl)c1)CC1CCCNC1. The van der Waals surface area contributed by atoms with Crippen molar-refractivity contribution in [3.05, 3.63) is 33.8 Å². The summed E-state index contributed by atoms with van der Waals surface area (Å²) in [5.41, 5.74) is 1.25. The topological polar surface area (TPSA) is 15.3 Å². The molecule has 0 aliphatic carbocycles. The van der Waals surface area contributed by atoms with Crippen molar-refractivity contribution in [1.29, 1.82) is 0 Å². The third kappa shape index (κ3) is 4.92.